The predicted octanol–water partition coefficient (Wildman–Crippen LogP) is 5.16. The van der Waals surface area contributed by atoms with E-state index in [-0.39, 0.29) is 11.7 Å². The topological polar surface area (TPSA) is 54.0 Å². The number of carbonyl (C=O) groups excluding carboxylic acids is 1. The second kappa shape index (κ2) is 8.95. The summed E-state index contributed by atoms with van der Waals surface area (Å²) in [5.41, 5.74) is 0.0302. The van der Waals surface area contributed by atoms with Gasteiger partial charge in [0.1, 0.15) is 11.5 Å². The lowest BCUT2D eigenvalue weighted by molar-refractivity contribution is -0.136. The van der Waals surface area contributed by atoms with Crippen LogP contribution in [0.5, 0.6) is 11.5 Å². The molecule has 0 spiro atoms. The van der Waals surface area contributed by atoms with Crippen molar-refractivity contribution in [1.82, 2.24) is 4.90 Å². The van der Waals surface area contributed by atoms with Gasteiger partial charge in [0.15, 0.2) is 0 Å². The van der Waals surface area contributed by atoms with Crippen LogP contribution in [0, 0.1) is 0 Å². The Bertz CT molecular complexity index is 947. The van der Waals surface area contributed by atoms with Crippen LogP contribution in [0.3, 0.4) is 0 Å². The highest BCUT2D eigenvalue weighted by molar-refractivity contribution is 5.91. The molecule has 0 aromatic heterocycles. The molecule has 6 nitrogen and oxygen atoms in total. The van der Waals surface area contributed by atoms with Crippen molar-refractivity contribution in [3.05, 3.63) is 47.5 Å². The molecule has 1 unspecified atom stereocenters. The third kappa shape index (κ3) is 4.81. The second-order valence-corrected chi connectivity index (χ2v) is 7.51. The van der Waals surface area contributed by atoms with E-state index in [2.05, 4.69) is 5.32 Å². The number of ether oxygens (including phenoxy) is 2. The van der Waals surface area contributed by atoms with Gasteiger partial charge in [0.25, 0.3) is 0 Å². The lowest BCUT2D eigenvalue weighted by atomic mass is 10.0. The molecule has 2 amide bonds. The van der Waals surface area contributed by atoms with Crippen LogP contribution in [-0.4, -0.2) is 45.8 Å². The van der Waals surface area contributed by atoms with Crippen LogP contribution in [-0.2, 0) is 6.18 Å². The lowest BCUT2D eigenvalue weighted by Gasteiger charge is -2.27. The molecule has 1 saturated heterocycles. The Labute approximate surface area is 179 Å². The SMILES string of the molecule is COc1ccc(C2CCCN2C(=O)Nc2ccc(N(C)C)cc2C(F)(F)F)c(OC)c1. The average molecular weight is 437 g/mol. The number of benzene rings is 2. The van der Waals surface area contributed by atoms with Crippen molar-refractivity contribution in [2.45, 2.75) is 25.1 Å². The van der Waals surface area contributed by atoms with Gasteiger partial charge in [-0.05, 0) is 43.2 Å². The fraction of sp³-hybridized carbons (Fsp3) is 0.409. The number of hydrogen-bond acceptors (Lipinski definition) is 4. The fourth-order valence-electron chi connectivity index (χ4n) is 3.77. The van der Waals surface area contributed by atoms with Gasteiger partial charge >= 0.3 is 12.2 Å². The second-order valence-electron chi connectivity index (χ2n) is 7.51. The first-order valence-electron chi connectivity index (χ1n) is 9.83. The highest BCUT2D eigenvalue weighted by Gasteiger charge is 2.36. The summed E-state index contributed by atoms with van der Waals surface area (Å²) in [5.74, 6) is 1.18. The van der Waals surface area contributed by atoms with Gasteiger partial charge in [-0.15, -0.1) is 0 Å². The minimum Gasteiger partial charge on any atom is -0.497 e. The van der Waals surface area contributed by atoms with E-state index in [1.165, 1.54) is 13.2 Å². The number of rotatable bonds is 5. The van der Waals surface area contributed by atoms with Crippen LogP contribution in [0.4, 0.5) is 29.3 Å². The smallest absolute Gasteiger partial charge is 0.418 e. The highest BCUT2D eigenvalue weighted by Crippen LogP contribution is 2.40. The number of urea groups is 1. The van der Waals surface area contributed by atoms with E-state index in [0.717, 1.165) is 18.1 Å². The van der Waals surface area contributed by atoms with E-state index in [1.807, 2.05) is 6.07 Å². The van der Waals surface area contributed by atoms with Gasteiger partial charge in [-0.3, -0.25) is 0 Å². The first-order valence-corrected chi connectivity index (χ1v) is 9.83. The molecule has 1 fully saturated rings. The van der Waals surface area contributed by atoms with E-state index in [4.69, 9.17) is 9.47 Å². The van der Waals surface area contributed by atoms with Crippen molar-refractivity contribution in [3.63, 3.8) is 0 Å². The molecule has 1 aliphatic rings. The quantitative estimate of drug-likeness (QED) is 0.702. The zero-order valence-electron chi connectivity index (χ0n) is 17.9. The number of methoxy groups -OCH3 is 2. The molecule has 31 heavy (non-hydrogen) atoms. The van der Waals surface area contributed by atoms with E-state index in [9.17, 15) is 18.0 Å². The summed E-state index contributed by atoms with van der Waals surface area (Å²) in [6, 6.07) is 8.29. The molecule has 1 aliphatic heterocycles. The largest absolute Gasteiger partial charge is 0.497 e. The minimum absolute atomic E-state index is 0.268. The van der Waals surface area contributed by atoms with Gasteiger partial charge in [-0.2, -0.15) is 13.2 Å². The Morgan fingerprint density at radius 1 is 1.13 bits per heavy atom. The Morgan fingerprint density at radius 3 is 2.48 bits per heavy atom. The molecule has 9 heteroatoms. The molecule has 3 rings (SSSR count). The van der Waals surface area contributed by atoms with Crippen LogP contribution in [0.1, 0.15) is 30.0 Å². The molecular formula is C22H26F3N3O3. The Balaban J connectivity index is 1.88. The number of alkyl halides is 3. The molecular weight excluding hydrogens is 411 g/mol. The number of amides is 2. The number of hydrogen-bond donors (Lipinski definition) is 1. The molecule has 0 saturated carbocycles. The molecule has 1 atom stereocenters. The van der Waals surface area contributed by atoms with Gasteiger partial charge in [0.05, 0.1) is 31.5 Å². The van der Waals surface area contributed by atoms with Crippen molar-refractivity contribution in [2.75, 3.05) is 45.1 Å². The lowest BCUT2D eigenvalue weighted by Crippen LogP contribution is -2.35. The van der Waals surface area contributed by atoms with Crippen molar-refractivity contribution in [1.29, 1.82) is 0 Å². The maximum absolute atomic E-state index is 13.6. The van der Waals surface area contributed by atoms with Crippen molar-refractivity contribution in [3.8, 4) is 11.5 Å². The summed E-state index contributed by atoms with van der Waals surface area (Å²) < 4.78 is 51.5. The van der Waals surface area contributed by atoms with E-state index >= 15 is 0 Å². The first-order chi connectivity index (χ1) is 14.7. The van der Waals surface area contributed by atoms with Gasteiger partial charge in [0, 0.05) is 38.0 Å². The summed E-state index contributed by atoms with van der Waals surface area (Å²) in [6.07, 6.45) is -3.18. The van der Waals surface area contributed by atoms with E-state index in [1.54, 1.807) is 49.2 Å². The fourth-order valence-corrected chi connectivity index (χ4v) is 3.77. The molecule has 168 valence electrons. The van der Waals surface area contributed by atoms with Crippen LogP contribution >= 0.6 is 0 Å². The van der Waals surface area contributed by atoms with Gasteiger partial charge in [-0.25, -0.2) is 4.79 Å². The number of halogens is 3. The zero-order chi connectivity index (χ0) is 22.8. The minimum atomic E-state index is -4.60. The Hall–Kier alpha value is -3.10. The number of nitrogens with zero attached hydrogens (tertiary/aromatic N) is 2. The van der Waals surface area contributed by atoms with Crippen LogP contribution in [0.15, 0.2) is 36.4 Å². The summed E-state index contributed by atoms with van der Waals surface area (Å²) in [4.78, 5) is 16.1. The predicted molar refractivity (Wildman–Crippen MR) is 113 cm³/mol. The normalized spacial score (nSPS) is 16.2. The molecule has 0 bridgehead atoms. The summed E-state index contributed by atoms with van der Waals surface area (Å²) in [6.45, 7) is 0.433. The van der Waals surface area contributed by atoms with E-state index < -0.39 is 17.8 Å². The molecule has 1 N–H and O–H groups in total. The highest BCUT2D eigenvalue weighted by atomic mass is 19.4. The van der Waals surface area contributed by atoms with Gasteiger partial charge in [-0.1, -0.05) is 0 Å². The monoisotopic (exact) mass is 437 g/mol. The third-order valence-corrected chi connectivity index (χ3v) is 5.38. The van der Waals surface area contributed by atoms with Crippen LogP contribution < -0.4 is 19.7 Å². The van der Waals surface area contributed by atoms with Gasteiger partial charge in [0.2, 0.25) is 0 Å². The Kier molecular flexibility index (Phi) is 6.52. The van der Waals surface area contributed by atoms with Crippen molar-refractivity contribution in [2.24, 2.45) is 0 Å². The van der Waals surface area contributed by atoms with Crippen molar-refractivity contribution >= 4 is 17.4 Å². The molecule has 0 aliphatic carbocycles. The summed E-state index contributed by atoms with van der Waals surface area (Å²) in [5, 5.41) is 2.47. The number of anilines is 2. The third-order valence-electron chi connectivity index (χ3n) is 5.38. The maximum atomic E-state index is 13.6. The zero-order valence-corrected chi connectivity index (χ0v) is 17.9. The summed E-state index contributed by atoms with van der Waals surface area (Å²) in [7, 11) is 6.39. The first kappa shape index (κ1) is 22.6. The van der Waals surface area contributed by atoms with Crippen molar-refractivity contribution < 1.29 is 27.4 Å². The molecule has 0 radical (unpaired) electrons. The average Bonchev–Trinajstić information content (AvgIpc) is 3.22. The number of nitrogens with one attached hydrogen (secondary N) is 1. The number of likely N-dealkylation sites (tertiary alicyclic amines) is 1. The van der Waals surface area contributed by atoms with Crippen LogP contribution in [0.2, 0.25) is 0 Å². The standard InChI is InChI=1S/C22H26F3N3O3/c1-27(2)14-7-10-18(17(12-14)22(23,24)25)26-21(29)28-11-5-6-19(28)16-9-8-15(30-3)13-20(16)31-4/h7-10,12-13,19H,5-6,11H2,1-4H3,(H,26,29). The number of carbonyl (C=O) groups is 1. The molecule has 2 aromatic rings. The van der Waals surface area contributed by atoms with E-state index in [0.29, 0.717) is 30.2 Å². The van der Waals surface area contributed by atoms with Gasteiger partial charge < -0.3 is 24.6 Å². The summed E-state index contributed by atoms with van der Waals surface area (Å²) >= 11 is 0. The molecule has 2 aromatic carbocycles. The van der Waals surface area contributed by atoms with Crippen LogP contribution in [0.25, 0.3) is 0 Å². The Morgan fingerprint density at radius 2 is 1.87 bits per heavy atom. The molecule has 1 heterocycles. The maximum Gasteiger partial charge on any atom is 0.418 e.